The molecule has 100 valence electrons. The fourth-order valence-corrected chi connectivity index (χ4v) is 3.85. The second kappa shape index (κ2) is 5.69. The second-order valence-electron chi connectivity index (χ2n) is 4.63. The number of nitrogens with zero attached hydrogens (tertiary/aromatic N) is 1. The maximum absolute atomic E-state index is 6.12. The molecule has 0 unspecified atom stereocenters. The highest BCUT2D eigenvalue weighted by Crippen LogP contribution is 2.38. The van der Waals surface area contributed by atoms with Gasteiger partial charge < -0.3 is 10.5 Å². The number of anilines is 1. The van der Waals surface area contributed by atoms with Crippen LogP contribution in [0.4, 0.5) is 5.69 Å². The zero-order chi connectivity index (χ0) is 13.2. The van der Waals surface area contributed by atoms with E-state index in [1.165, 1.54) is 0 Å². The third-order valence-electron chi connectivity index (χ3n) is 3.26. The third kappa shape index (κ3) is 2.88. The highest BCUT2D eigenvalue weighted by Gasteiger charge is 2.18. The van der Waals surface area contributed by atoms with Gasteiger partial charge in [0.15, 0.2) is 0 Å². The minimum absolute atomic E-state index is 0.584. The molecule has 1 aliphatic rings. The van der Waals surface area contributed by atoms with Gasteiger partial charge in [0.25, 0.3) is 0 Å². The van der Waals surface area contributed by atoms with E-state index in [1.54, 1.807) is 6.20 Å². The molecule has 0 radical (unpaired) electrons. The van der Waals surface area contributed by atoms with Crippen LogP contribution in [-0.2, 0) is 4.74 Å². The maximum atomic E-state index is 6.12. The summed E-state index contributed by atoms with van der Waals surface area (Å²) in [5.74, 6) is 0. The van der Waals surface area contributed by atoms with Gasteiger partial charge in [0.2, 0.25) is 0 Å². The van der Waals surface area contributed by atoms with Gasteiger partial charge in [-0.05, 0) is 31.0 Å². The Labute approximate surface area is 125 Å². The molecular formula is C14H15BrN2OS. The van der Waals surface area contributed by atoms with Crippen LogP contribution in [0.3, 0.4) is 0 Å². The number of aromatic nitrogens is 1. The van der Waals surface area contributed by atoms with E-state index < -0.39 is 0 Å². The molecule has 1 saturated heterocycles. The van der Waals surface area contributed by atoms with Crippen LogP contribution in [0.5, 0.6) is 0 Å². The molecule has 1 aliphatic heterocycles. The van der Waals surface area contributed by atoms with Crippen LogP contribution in [0.1, 0.15) is 12.8 Å². The lowest BCUT2D eigenvalue weighted by atomic mass is 10.2. The number of nitrogen functional groups attached to an aromatic ring is 1. The van der Waals surface area contributed by atoms with Gasteiger partial charge in [-0.25, -0.2) is 0 Å². The number of hydrogen-bond acceptors (Lipinski definition) is 4. The average molecular weight is 339 g/mol. The summed E-state index contributed by atoms with van der Waals surface area (Å²) < 4.78 is 6.47. The lowest BCUT2D eigenvalue weighted by Gasteiger charge is -2.22. The Morgan fingerprint density at radius 1 is 1.32 bits per heavy atom. The summed E-state index contributed by atoms with van der Waals surface area (Å²) in [7, 11) is 0. The number of rotatable bonds is 2. The van der Waals surface area contributed by atoms with E-state index in [0.29, 0.717) is 5.25 Å². The Morgan fingerprint density at radius 2 is 2.11 bits per heavy atom. The molecule has 0 saturated carbocycles. The lowest BCUT2D eigenvalue weighted by molar-refractivity contribution is 0.100. The number of pyridine rings is 1. The van der Waals surface area contributed by atoms with Crippen molar-refractivity contribution < 1.29 is 4.74 Å². The Bertz CT molecular complexity index is 594. The van der Waals surface area contributed by atoms with Crippen molar-refractivity contribution in [3.63, 3.8) is 0 Å². The zero-order valence-corrected chi connectivity index (χ0v) is 12.8. The molecule has 0 bridgehead atoms. The van der Waals surface area contributed by atoms with Gasteiger partial charge in [-0.3, -0.25) is 4.98 Å². The Morgan fingerprint density at radius 3 is 2.89 bits per heavy atom. The van der Waals surface area contributed by atoms with E-state index in [0.717, 1.165) is 52.0 Å². The first kappa shape index (κ1) is 13.2. The summed E-state index contributed by atoms with van der Waals surface area (Å²) in [5.41, 5.74) is 7.88. The molecular weight excluding hydrogens is 324 g/mol. The van der Waals surface area contributed by atoms with Gasteiger partial charge in [0.1, 0.15) is 0 Å². The minimum atomic E-state index is 0.584. The predicted molar refractivity (Wildman–Crippen MR) is 83.6 cm³/mol. The predicted octanol–water partition coefficient (Wildman–Crippen LogP) is 3.85. The van der Waals surface area contributed by atoms with Gasteiger partial charge in [-0.15, -0.1) is 11.8 Å². The maximum Gasteiger partial charge on any atom is 0.0715 e. The van der Waals surface area contributed by atoms with Gasteiger partial charge >= 0.3 is 0 Å². The molecule has 19 heavy (non-hydrogen) atoms. The number of hydrogen-bond donors (Lipinski definition) is 1. The van der Waals surface area contributed by atoms with Crippen molar-refractivity contribution in [2.75, 3.05) is 18.9 Å². The summed E-state index contributed by atoms with van der Waals surface area (Å²) in [6.07, 6.45) is 3.93. The van der Waals surface area contributed by atoms with E-state index in [1.807, 2.05) is 23.9 Å². The fraction of sp³-hybridized carbons (Fsp3) is 0.357. The van der Waals surface area contributed by atoms with E-state index in [2.05, 4.69) is 27.0 Å². The number of benzene rings is 1. The molecule has 2 N–H and O–H groups in total. The van der Waals surface area contributed by atoms with Gasteiger partial charge in [-0.1, -0.05) is 15.9 Å². The summed E-state index contributed by atoms with van der Waals surface area (Å²) in [6.45, 7) is 1.70. The van der Waals surface area contributed by atoms with E-state index in [-0.39, 0.29) is 0 Å². The van der Waals surface area contributed by atoms with Crippen LogP contribution in [0.15, 0.2) is 33.8 Å². The molecule has 0 atom stereocenters. The fourth-order valence-electron chi connectivity index (χ4n) is 2.25. The average Bonchev–Trinajstić information content (AvgIpc) is 2.43. The Hall–Kier alpha value is -0.780. The molecule has 3 rings (SSSR count). The van der Waals surface area contributed by atoms with E-state index in [4.69, 9.17) is 10.5 Å². The molecule has 0 amide bonds. The molecule has 0 aliphatic carbocycles. The van der Waals surface area contributed by atoms with Crippen molar-refractivity contribution in [1.82, 2.24) is 4.98 Å². The molecule has 1 aromatic carbocycles. The van der Waals surface area contributed by atoms with Crippen molar-refractivity contribution in [2.24, 2.45) is 0 Å². The largest absolute Gasteiger partial charge is 0.397 e. The number of fused-ring (bicyclic) bond motifs is 1. The molecule has 5 heteroatoms. The molecule has 0 spiro atoms. The highest BCUT2D eigenvalue weighted by atomic mass is 79.9. The van der Waals surface area contributed by atoms with Crippen LogP contribution in [-0.4, -0.2) is 23.4 Å². The van der Waals surface area contributed by atoms with Crippen LogP contribution in [0.2, 0.25) is 0 Å². The standard InChI is InChI=1S/C14H15BrN2OS/c15-9-1-2-13-11(7-9)14(12(16)8-17-13)19-10-3-5-18-6-4-10/h1-2,7-8,10H,3-6,16H2. The molecule has 1 aromatic heterocycles. The zero-order valence-electron chi connectivity index (χ0n) is 10.4. The molecule has 2 heterocycles. The van der Waals surface area contributed by atoms with E-state index >= 15 is 0 Å². The highest BCUT2D eigenvalue weighted by molar-refractivity contribution is 9.10. The van der Waals surface area contributed by atoms with Crippen molar-refractivity contribution in [3.05, 3.63) is 28.9 Å². The van der Waals surface area contributed by atoms with Gasteiger partial charge in [0, 0.05) is 33.2 Å². The first-order valence-corrected chi connectivity index (χ1v) is 7.99. The SMILES string of the molecule is Nc1cnc2ccc(Br)cc2c1SC1CCOCC1. The number of thioether (sulfide) groups is 1. The van der Waals surface area contributed by atoms with Crippen LogP contribution < -0.4 is 5.73 Å². The summed E-state index contributed by atoms with van der Waals surface area (Å²) in [5, 5.41) is 1.71. The monoisotopic (exact) mass is 338 g/mol. The van der Waals surface area contributed by atoms with Crippen molar-refractivity contribution in [2.45, 2.75) is 23.0 Å². The van der Waals surface area contributed by atoms with Gasteiger partial charge in [0.05, 0.1) is 17.4 Å². The van der Waals surface area contributed by atoms with Crippen LogP contribution in [0, 0.1) is 0 Å². The Kier molecular flexibility index (Phi) is 3.96. The number of ether oxygens (including phenoxy) is 1. The van der Waals surface area contributed by atoms with Crippen molar-refractivity contribution in [1.29, 1.82) is 0 Å². The normalized spacial score (nSPS) is 16.9. The molecule has 2 aromatic rings. The van der Waals surface area contributed by atoms with E-state index in [9.17, 15) is 0 Å². The second-order valence-corrected chi connectivity index (χ2v) is 6.86. The number of halogens is 1. The summed E-state index contributed by atoms with van der Waals surface area (Å²) in [4.78, 5) is 5.54. The van der Waals surface area contributed by atoms with Crippen LogP contribution >= 0.6 is 27.7 Å². The molecule has 1 fully saturated rings. The molecule has 3 nitrogen and oxygen atoms in total. The topological polar surface area (TPSA) is 48.1 Å². The summed E-state index contributed by atoms with van der Waals surface area (Å²) >= 11 is 5.38. The Balaban J connectivity index is 2.00. The summed E-state index contributed by atoms with van der Waals surface area (Å²) in [6, 6.07) is 6.13. The first-order valence-electron chi connectivity index (χ1n) is 6.32. The number of nitrogens with two attached hydrogens (primary N) is 1. The van der Waals surface area contributed by atoms with Crippen LogP contribution in [0.25, 0.3) is 10.9 Å². The minimum Gasteiger partial charge on any atom is -0.397 e. The first-order chi connectivity index (χ1) is 9.24. The van der Waals surface area contributed by atoms with Crippen molar-refractivity contribution >= 4 is 44.3 Å². The van der Waals surface area contributed by atoms with Gasteiger partial charge in [-0.2, -0.15) is 0 Å². The third-order valence-corrected chi connectivity index (χ3v) is 5.25. The smallest absolute Gasteiger partial charge is 0.0715 e. The lowest BCUT2D eigenvalue weighted by Crippen LogP contribution is -2.17. The van der Waals surface area contributed by atoms with Crippen molar-refractivity contribution in [3.8, 4) is 0 Å². The quantitative estimate of drug-likeness (QED) is 0.903.